The molecule has 0 atom stereocenters. The molecular formula is C23H39. The summed E-state index contributed by atoms with van der Waals surface area (Å²) in [7, 11) is 0. The van der Waals surface area contributed by atoms with Gasteiger partial charge in [-0.05, 0) is 36.8 Å². The van der Waals surface area contributed by atoms with Crippen LogP contribution in [0.3, 0.4) is 0 Å². The van der Waals surface area contributed by atoms with E-state index >= 15 is 0 Å². The van der Waals surface area contributed by atoms with E-state index in [9.17, 15) is 0 Å². The summed E-state index contributed by atoms with van der Waals surface area (Å²) in [6.07, 6.45) is 20.2. The summed E-state index contributed by atoms with van der Waals surface area (Å²) in [5.41, 5.74) is 3.04. The molecule has 131 valence electrons. The molecule has 0 saturated heterocycles. The minimum Gasteiger partial charge on any atom is -0.0654 e. The van der Waals surface area contributed by atoms with Gasteiger partial charge in [-0.3, -0.25) is 0 Å². The molecule has 0 heterocycles. The van der Waals surface area contributed by atoms with Crippen LogP contribution >= 0.6 is 0 Å². The Labute approximate surface area is 146 Å². The Bertz CT molecular complexity index is 349. The van der Waals surface area contributed by atoms with Crippen molar-refractivity contribution < 1.29 is 0 Å². The minimum absolute atomic E-state index is 1.09. The van der Waals surface area contributed by atoms with Gasteiger partial charge in [-0.1, -0.05) is 109 Å². The lowest BCUT2D eigenvalue weighted by atomic mass is 10.0. The molecule has 1 aromatic carbocycles. The van der Waals surface area contributed by atoms with Crippen LogP contribution in [0.2, 0.25) is 0 Å². The first-order valence-corrected chi connectivity index (χ1v) is 10.2. The first kappa shape index (κ1) is 20.3. The van der Waals surface area contributed by atoms with E-state index in [1.54, 1.807) is 0 Å². The topological polar surface area (TPSA) is 0 Å². The van der Waals surface area contributed by atoms with Crippen molar-refractivity contribution in [2.24, 2.45) is 0 Å². The largest absolute Gasteiger partial charge is 0.0654 e. The molecule has 0 amide bonds. The van der Waals surface area contributed by atoms with Gasteiger partial charge in [-0.15, -0.1) is 0 Å². The molecule has 0 saturated carbocycles. The Morgan fingerprint density at radius 3 is 1.39 bits per heavy atom. The van der Waals surface area contributed by atoms with Crippen LogP contribution in [-0.4, -0.2) is 0 Å². The average molecular weight is 316 g/mol. The maximum absolute atomic E-state index is 3.90. The van der Waals surface area contributed by atoms with E-state index in [1.807, 2.05) is 0 Å². The Morgan fingerprint density at radius 1 is 0.565 bits per heavy atom. The molecule has 0 aliphatic rings. The van der Waals surface area contributed by atoms with Crippen LogP contribution in [0, 0.1) is 6.92 Å². The van der Waals surface area contributed by atoms with E-state index in [-0.39, 0.29) is 0 Å². The van der Waals surface area contributed by atoms with E-state index in [0.29, 0.717) is 0 Å². The van der Waals surface area contributed by atoms with Gasteiger partial charge in [0, 0.05) is 0 Å². The summed E-state index contributed by atoms with van der Waals surface area (Å²) < 4.78 is 0. The molecule has 0 nitrogen and oxygen atoms in total. The van der Waals surface area contributed by atoms with Gasteiger partial charge in [-0.2, -0.15) is 0 Å². The van der Waals surface area contributed by atoms with Crippen molar-refractivity contribution in [3.8, 4) is 0 Å². The SMILES string of the molecule is [CH2]CCCCCCc1ccc(CCCCCCCCCC)cc1. The van der Waals surface area contributed by atoms with Crippen molar-refractivity contribution in [2.45, 2.75) is 103 Å². The van der Waals surface area contributed by atoms with Crippen molar-refractivity contribution in [2.75, 3.05) is 0 Å². The van der Waals surface area contributed by atoms with E-state index in [1.165, 1.54) is 101 Å². The number of hydrogen-bond acceptors (Lipinski definition) is 0. The van der Waals surface area contributed by atoms with Crippen molar-refractivity contribution in [3.63, 3.8) is 0 Å². The summed E-state index contributed by atoms with van der Waals surface area (Å²) in [6, 6.07) is 9.40. The van der Waals surface area contributed by atoms with Crippen molar-refractivity contribution in [3.05, 3.63) is 42.3 Å². The Balaban J connectivity index is 2.03. The first-order valence-electron chi connectivity index (χ1n) is 10.2. The fourth-order valence-corrected chi connectivity index (χ4v) is 3.20. The van der Waals surface area contributed by atoms with E-state index in [0.717, 1.165) is 6.42 Å². The fraction of sp³-hybridized carbons (Fsp3) is 0.696. The normalized spacial score (nSPS) is 11.0. The Kier molecular flexibility index (Phi) is 13.0. The molecule has 0 aromatic heterocycles. The third-order valence-electron chi connectivity index (χ3n) is 4.81. The quantitative estimate of drug-likeness (QED) is 0.291. The van der Waals surface area contributed by atoms with Crippen LogP contribution in [-0.2, 0) is 12.8 Å². The van der Waals surface area contributed by atoms with Gasteiger partial charge in [0.25, 0.3) is 0 Å². The summed E-state index contributed by atoms with van der Waals surface area (Å²) in [5.74, 6) is 0. The first-order chi connectivity index (χ1) is 11.4. The summed E-state index contributed by atoms with van der Waals surface area (Å²) in [4.78, 5) is 0. The molecule has 0 N–H and O–H groups in total. The van der Waals surface area contributed by atoms with Gasteiger partial charge in [-0.25, -0.2) is 0 Å². The maximum atomic E-state index is 3.90. The van der Waals surface area contributed by atoms with Crippen molar-refractivity contribution in [1.29, 1.82) is 0 Å². The molecule has 0 aliphatic heterocycles. The molecule has 0 bridgehead atoms. The molecule has 0 heteroatoms. The number of benzene rings is 1. The molecular weight excluding hydrogens is 276 g/mol. The lowest BCUT2D eigenvalue weighted by Gasteiger charge is -2.05. The van der Waals surface area contributed by atoms with Gasteiger partial charge in [0.05, 0.1) is 0 Å². The maximum Gasteiger partial charge on any atom is -0.0279 e. The van der Waals surface area contributed by atoms with Gasteiger partial charge >= 0.3 is 0 Å². The number of hydrogen-bond donors (Lipinski definition) is 0. The molecule has 1 aromatic rings. The monoisotopic (exact) mass is 315 g/mol. The van der Waals surface area contributed by atoms with Crippen LogP contribution in [0.5, 0.6) is 0 Å². The fourth-order valence-electron chi connectivity index (χ4n) is 3.20. The highest BCUT2D eigenvalue weighted by Gasteiger charge is 1.97. The van der Waals surface area contributed by atoms with E-state index in [4.69, 9.17) is 0 Å². The van der Waals surface area contributed by atoms with E-state index < -0.39 is 0 Å². The van der Waals surface area contributed by atoms with Crippen LogP contribution < -0.4 is 0 Å². The highest BCUT2D eigenvalue weighted by molar-refractivity contribution is 5.22. The summed E-state index contributed by atoms with van der Waals surface area (Å²) in [5, 5.41) is 0. The zero-order chi connectivity index (χ0) is 16.6. The predicted molar refractivity (Wildman–Crippen MR) is 105 cm³/mol. The standard InChI is InChI=1S/C23H39/c1-3-5-7-9-10-11-13-15-17-23-20-18-22(19-21-23)16-14-12-8-6-4-2/h18-21H,2-17H2,1H3. The number of unbranched alkanes of at least 4 members (excludes halogenated alkanes) is 11. The second-order valence-electron chi connectivity index (χ2n) is 7.06. The smallest absolute Gasteiger partial charge is 0.0279 e. The zero-order valence-electron chi connectivity index (χ0n) is 15.6. The van der Waals surface area contributed by atoms with Crippen LogP contribution in [0.25, 0.3) is 0 Å². The summed E-state index contributed by atoms with van der Waals surface area (Å²) in [6.45, 7) is 6.19. The molecule has 0 spiro atoms. The van der Waals surface area contributed by atoms with Gasteiger partial charge in [0.15, 0.2) is 0 Å². The number of rotatable bonds is 15. The third kappa shape index (κ3) is 11.4. The zero-order valence-corrected chi connectivity index (χ0v) is 15.6. The highest BCUT2D eigenvalue weighted by atomic mass is 14.0. The molecule has 1 rings (SSSR count). The summed E-state index contributed by atoms with van der Waals surface area (Å²) >= 11 is 0. The highest BCUT2D eigenvalue weighted by Crippen LogP contribution is 2.14. The molecule has 0 fully saturated rings. The predicted octanol–water partition coefficient (Wildman–Crippen LogP) is 7.70. The van der Waals surface area contributed by atoms with Crippen LogP contribution in [0.4, 0.5) is 0 Å². The second-order valence-corrected chi connectivity index (χ2v) is 7.06. The lowest BCUT2D eigenvalue weighted by molar-refractivity contribution is 0.575. The van der Waals surface area contributed by atoms with Gasteiger partial charge < -0.3 is 0 Å². The Hall–Kier alpha value is -0.780. The lowest BCUT2D eigenvalue weighted by Crippen LogP contribution is -1.90. The second kappa shape index (κ2) is 14.8. The minimum atomic E-state index is 1.09. The molecule has 1 radical (unpaired) electrons. The molecule has 23 heavy (non-hydrogen) atoms. The van der Waals surface area contributed by atoms with Crippen LogP contribution in [0.1, 0.15) is 102 Å². The van der Waals surface area contributed by atoms with Gasteiger partial charge in [0.1, 0.15) is 0 Å². The van der Waals surface area contributed by atoms with Crippen molar-refractivity contribution in [1.82, 2.24) is 0 Å². The molecule has 0 unspecified atom stereocenters. The van der Waals surface area contributed by atoms with E-state index in [2.05, 4.69) is 38.1 Å². The Morgan fingerprint density at radius 2 is 0.957 bits per heavy atom. The molecule has 0 aliphatic carbocycles. The van der Waals surface area contributed by atoms with Crippen LogP contribution in [0.15, 0.2) is 24.3 Å². The van der Waals surface area contributed by atoms with Crippen molar-refractivity contribution >= 4 is 0 Å². The third-order valence-corrected chi connectivity index (χ3v) is 4.81. The van der Waals surface area contributed by atoms with Gasteiger partial charge in [0.2, 0.25) is 0 Å². The average Bonchev–Trinajstić information content (AvgIpc) is 2.58. The number of aryl methyl sites for hydroxylation is 2.